The van der Waals surface area contributed by atoms with E-state index in [0.717, 1.165) is 22.5 Å². The van der Waals surface area contributed by atoms with Gasteiger partial charge < -0.3 is 15.2 Å². The molecular formula is C23H20N2O4. The van der Waals surface area contributed by atoms with E-state index in [0.29, 0.717) is 11.3 Å². The second-order valence-electron chi connectivity index (χ2n) is 6.86. The maximum Gasteiger partial charge on any atom is 0.341 e. The largest absolute Gasteiger partial charge is 0.482 e. The van der Waals surface area contributed by atoms with Crippen molar-refractivity contribution < 1.29 is 19.4 Å². The van der Waals surface area contributed by atoms with E-state index in [1.165, 1.54) is 0 Å². The van der Waals surface area contributed by atoms with E-state index in [4.69, 9.17) is 9.84 Å². The van der Waals surface area contributed by atoms with Gasteiger partial charge in [0.15, 0.2) is 6.61 Å². The molecule has 0 spiro atoms. The standard InChI is InChI=1S/C23H20N2O4/c1-15-5-4-6-17(13-15)25-22(24-20-8-3-2-7-19(20)23(25)28)16-9-11-18(12-10-16)29-14-21(26)27/h2-13,22,24H,14H2,1H3,(H,26,27)/t22-/m1/s1. The second kappa shape index (κ2) is 7.67. The van der Waals surface area contributed by atoms with Crippen LogP contribution in [0.3, 0.4) is 0 Å². The van der Waals surface area contributed by atoms with E-state index in [1.807, 2.05) is 67.6 Å². The first kappa shape index (κ1) is 18.6. The molecule has 0 saturated carbocycles. The molecule has 3 aromatic rings. The summed E-state index contributed by atoms with van der Waals surface area (Å²) >= 11 is 0. The molecule has 146 valence electrons. The third-order valence-corrected chi connectivity index (χ3v) is 4.76. The maximum atomic E-state index is 13.4. The molecule has 1 amide bonds. The number of ether oxygens (including phenoxy) is 1. The fourth-order valence-corrected chi connectivity index (χ4v) is 3.42. The van der Waals surface area contributed by atoms with Gasteiger partial charge in [-0.1, -0.05) is 36.4 Å². The lowest BCUT2D eigenvalue weighted by molar-refractivity contribution is -0.139. The topological polar surface area (TPSA) is 78.9 Å². The van der Waals surface area contributed by atoms with Gasteiger partial charge in [-0.3, -0.25) is 9.69 Å². The van der Waals surface area contributed by atoms with Gasteiger partial charge in [-0.25, -0.2) is 4.79 Å². The molecule has 0 aliphatic carbocycles. The summed E-state index contributed by atoms with van der Waals surface area (Å²) in [7, 11) is 0. The van der Waals surface area contributed by atoms with Gasteiger partial charge in [0.1, 0.15) is 11.9 Å². The van der Waals surface area contributed by atoms with Crippen molar-refractivity contribution in [1.29, 1.82) is 0 Å². The van der Waals surface area contributed by atoms with Gasteiger partial charge in [0.05, 0.1) is 5.56 Å². The second-order valence-corrected chi connectivity index (χ2v) is 6.86. The van der Waals surface area contributed by atoms with Crippen molar-refractivity contribution in [1.82, 2.24) is 0 Å². The van der Waals surface area contributed by atoms with E-state index >= 15 is 0 Å². The molecule has 29 heavy (non-hydrogen) atoms. The molecule has 6 nitrogen and oxygen atoms in total. The van der Waals surface area contributed by atoms with Gasteiger partial charge >= 0.3 is 5.97 Å². The molecule has 0 radical (unpaired) electrons. The number of hydrogen-bond acceptors (Lipinski definition) is 4. The van der Waals surface area contributed by atoms with E-state index in [2.05, 4.69) is 5.32 Å². The van der Waals surface area contributed by atoms with Crippen LogP contribution in [0, 0.1) is 6.92 Å². The Morgan fingerprint density at radius 1 is 1.07 bits per heavy atom. The summed E-state index contributed by atoms with van der Waals surface area (Å²) in [5.41, 5.74) is 4.11. The zero-order valence-corrected chi connectivity index (χ0v) is 15.8. The van der Waals surface area contributed by atoms with E-state index in [9.17, 15) is 9.59 Å². The molecule has 2 N–H and O–H groups in total. The quantitative estimate of drug-likeness (QED) is 0.684. The molecule has 0 unspecified atom stereocenters. The van der Waals surface area contributed by atoms with Gasteiger partial charge in [-0.15, -0.1) is 0 Å². The predicted molar refractivity (Wildman–Crippen MR) is 110 cm³/mol. The average Bonchev–Trinajstić information content (AvgIpc) is 2.72. The number of nitrogens with zero attached hydrogens (tertiary/aromatic N) is 1. The van der Waals surface area contributed by atoms with Crippen molar-refractivity contribution in [2.75, 3.05) is 16.8 Å². The van der Waals surface area contributed by atoms with Gasteiger partial charge in [0.25, 0.3) is 5.91 Å². The first-order valence-corrected chi connectivity index (χ1v) is 9.23. The third-order valence-electron chi connectivity index (χ3n) is 4.76. The first-order valence-electron chi connectivity index (χ1n) is 9.23. The highest BCUT2D eigenvalue weighted by molar-refractivity contribution is 6.12. The van der Waals surface area contributed by atoms with Crippen molar-refractivity contribution in [3.05, 3.63) is 89.5 Å². The molecule has 1 atom stereocenters. The van der Waals surface area contributed by atoms with Crippen molar-refractivity contribution in [3.63, 3.8) is 0 Å². The number of aliphatic carboxylic acids is 1. The molecule has 3 aromatic carbocycles. The zero-order valence-electron chi connectivity index (χ0n) is 15.8. The SMILES string of the molecule is Cc1cccc(N2C(=O)c3ccccc3N[C@H]2c2ccc(OCC(=O)O)cc2)c1. The highest BCUT2D eigenvalue weighted by Gasteiger charge is 2.34. The Hall–Kier alpha value is -3.80. The Bertz CT molecular complexity index is 1060. The Kier molecular flexibility index (Phi) is 4.91. The number of carbonyl (C=O) groups is 2. The molecule has 1 aliphatic rings. The maximum absolute atomic E-state index is 13.4. The van der Waals surface area contributed by atoms with Crippen LogP contribution in [0.1, 0.15) is 27.7 Å². The van der Waals surface area contributed by atoms with Gasteiger partial charge in [0.2, 0.25) is 0 Å². The Morgan fingerprint density at radius 3 is 2.55 bits per heavy atom. The summed E-state index contributed by atoms with van der Waals surface area (Å²) in [6.45, 7) is 1.59. The highest BCUT2D eigenvalue weighted by atomic mass is 16.5. The molecule has 0 bridgehead atoms. The van der Waals surface area contributed by atoms with Crippen LogP contribution >= 0.6 is 0 Å². The monoisotopic (exact) mass is 388 g/mol. The number of carboxylic acid groups (broad SMARTS) is 1. The van der Waals surface area contributed by atoms with Crippen LogP contribution in [0.25, 0.3) is 0 Å². The number of carbonyl (C=O) groups excluding carboxylic acids is 1. The van der Waals surface area contributed by atoms with Crippen LogP contribution in [0.2, 0.25) is 0 Å². The molecule has 1 aliphatic heterocycles. The minimum atomic E-state index is -1.03. The van der Waals surface area contributed by atoms with E-state index in [1.54, 1.807) is 17.0 Å². The highest BCUT2D eigenvalue weighted by Crippen LogP contribution is 2.37. The summed E-state index contributed by atoms with van der Waals surface area (Å²) in [4.78, 5) is 25.8. The summed E-state index contributed by atoms with van der Waals surface area (Å²) in [6.07, 6.45) is -0.410. The lowest BCUT2D eigenvalue weighted by atomic mass is 10.0. The Morgan fingerprint density at radius 2 is 1.83 bits per heavy atom. The first-order chi connectivity index (χ1) is 14.0. The fraction of sp³-hybridized carbons (Fsp3) is 0.130. The minimum absolute atomic E-state index is 0.0823. The van der Waals surface area contributed by atoms with Crippen LogP contribution < -0.4 is 15.0 Å². The number of benzene rings is 3. The third kappa shape index (κ3) is 3.78. The molecule has 0 aromatic heterocycles. The van der Waals surface area contributed by atoms with Crippen LogP contribution in [0.15, 0.2) is 72.8 Å². The van der Waals surface area contributed by atoms with E-state index in [-0.39, 0.29) is 5.91 Å². The van der Waals surface area contributed by atoms with Crippen molar-refractivity contribution in [3.8, 4) is 5.75 Å². The summed E-state index contributed by atoms with van der Waals surface area (Å²) in [5, 5.41) is 12.2. The molecule has 0 fully saturated rings. The van der Waals surface area contributed by atoms with Gasteiger partial charge in [-0.2, -0.15) is 0 Å². The van der Waals surface area contributed by atoms with Crippen LogP contribution in [0.4, 0.5) is 11.4 Å². The lowest BCUT2D eigenvalue weighted by Crippen LogP contribution is -2.43. The molecule has 0 saturated heterocycles. The number of rotatable bonds is 5. The summed E-state index contributed by atoms with van der Waals surface area (Å²) in [6, 6.07) is 22.3. The molecule has 4 rings (SSSR count). The van der Waals surface area contributed by atoms with Crippen molar-refractivity contribution >= 4 is 23.3 Å². The minimum Gasteiger partial charge on any atom is -0.482 e. The number of hydrogen-bond donors (Lipinski definition) is 2. The number of anilines is 2. The van der Waals surface area contributed by atoms with Crippen LogP contribution in [-0.4, -0.2) is 23.6 Å². The van der Waals surface area contributed by atoms with Crippen LogP contribution in [0.5, 0.6) is 5.75 Å². The number of nitrogens with one attached hydrogen (secondary N) is 1. The summed E-state index contributed by atoms with van der Waals surface area (Å²) in [5.74, 6) is -0.655. The average molecular weight is 388 g/mol. The van der Waals surface area contributed by atoms with E-state index < -0.39 is 18.7 Å². The number of fused-ring (bicyclic) bond motifs is 1. The molecule has 6 heteroatoms. The van der Waals surface area contributed by atoms with Gasteiger partial charge in [0, 0.05) is 11.4 Å². The zero-order chi connectivity index (χ0) is 20.4. The van der Waals surface area contributed by atoms with Crippen molar-refractivity contribution in [2.45, 2.75) is 13.1 Å². The molecular weight excluding hydrogens is 368 g/mol. The number of aryl methyl sites for hydroxylation is 1. The summed E-state index contributed by atoms with van der Waals surface area (Å²) < 4.78 is 5.21. The predicted octanol–water partition coefficient (Wildman–Crippen LogP) is 4.23. The number of carboxylic acids is 1. The molecule has 1 heterocycles. The lowest BCUT2D eigenvalue weighted by Gasteiger charge is -2.38. The van der Waals surface area contributed by atoms with Crippen molar-refractivity contribution in [2.24, 2.45) is 0 Å². The Balaban J connectivity index is 1.73. The normalized spacial score (nSPS) is 15.4. The fourth-order valence-electron chi connectivity index (χ4n) is 3.42. The smallest absolute Gasteiger partial charge is 0.341 e. The number of amides is 1. The van der Waals surface area contributed by atoms with Gasteiger partial charge in [-0.05, 0) is 54.4 Å². The number of para-hydroxylation sites is 1. The Labute approximate surface area is 168 Å². The van der Waals surface area contributed by atoms with Crippen LogP contribution in [-0.2, 0) is 4.79 Å².